The molecule has 0 aliphatic rings. The molecule has 2 N–H and O–H groups in total. The molecular weight excluding hydrogens is 731 g/mol. The molecule has 17 heteroatoms. The third-order valence-corrected chi connectivity index (χ3v) is 7.19. The Bertz CT molecular complexity index is 1870. The number of carbonyl (C=O) groups is 1. The van der Waals surface area contributed by atoms with Crippen molar-refractivity contribution in [3.05, 3.63) is 88.9 Å². The topological polar surface area (TPSA) is 162 Å². The maximum absolute atomic E-state index is 11.9. The molecule has 0 spiro atoms. The number of nitro groups is 1. The van der Waals surface area contributed by atoms with Crippen molar-refractivity contribution in [2.75, 3.05) is 0 Å². The number of phenolic OH excluding ortho intramolecular Hbond substituents is 1. The molecule has 0 aliphatic heterocycles. The van der Waals surface area contributed by atoms with Gasteiger partial charge < -0.3 is 23.8 Å². The fourth-order valence-electron chi connectivity index (χ4n) is 3.69. The van der Waals surface area contributed by atoms with Gasteiger partial charge in [-0.3, -0.25) is 14.9 Å². The number of hydrogen-bond acceptors (Lipinski definition) is 10. The quantitative estimate of drug-likeness (QED) is 0.100. The van der Waals surface area contributed by atoms with Gasteiger partial charge in [-0.15, -0.1) is 0 Å². The van der Waals surface area contributed by atoms with E-state index in [4.69, 9.17) is 88.3 Å². The molecule has 2 heterocycles. The first-order chi connectivity index (χ1) is 21.4. The summed E-state index contributed by atoms with van der Waals surface area (Å²) in [5, 5.41) is 31.5. The summed E-state index contributed by atoms with van der Waals surface area (Å²) in [6, 6.07) is 8.72. The van der Waals surface area contributed by atoms with E-state index in [1.54, 1.807) is 45.9 Å². The first-order valence-electron chi connectivity index (χ1n) is 13.0. The van der Waals surface area contributed by atoms with E-state index in [9.17, 15) is 20.0 Å². The van der Waals surface area contributed by atoms with Crippen LogP contribution in [-0.2, 0) is 9.53 Å². The number of fused-ring (bicyclic) bond motifs is 2. The summed E-state index contributed by atoms with van der Waals surface area (Å²) in [5.74, 6) is -1.28. The van der Waals surface area contributed by atoms with E-state index in [1.807, 2.05) is 0 Å². The number of hydrogen-bond donors (Lipinski definition) is 2. The third-order valence-electron chi connectivity index (χ3n) is 5.68. The molecule has 0 saturated carbocycles. The number of esters is 1. The number of benzene rings is 3. The van der Waals surface area contributed by atoms with Crippen LogP contribution in [0.5, 0.6) is 5.75 Å². The highest BCUT2D eigenvalue weighted by Crippen LogP contribution is 2.36. The minimum Gasteiger partial charge on any atom is -0.501 e. The lowest BCUT2D eigenvalue weighted by molar-refractivity contribution is -0.385. The van der Waals surface area contributed by atoms with Crippen molar-refractivity contribution >= 4 is 103 Å². The van der Waals surface area contributed by atoms with E-state index in [-0.39, 0.29) is 28.3 Å². The van der Waals surface area contributed by atoms with Crippen LogP contribution in [0.15, 0.2) is 51.6 Å². The predicted octanol–water partition coefficient (Wildman–Crippen LogP) is 10.3. The second kappa shape index (κ2) is 15.7. The summed E-state index contributed by atoms with van der Waals surface area (Å²) in [7, 11) is 0. The zero-order valence-electron chi connectivity index (χ0n) is 24.4. The lowest BCUT2D eigenvalue weighted by Gasteiger charge is -2.22. The van der Waals surface area contributed by atoms with Gasteiger partial charge in [0.2, 0.25) is 11.6 Å². The smallest absolute Gasteiger partial charge is 0.313 e. The maximum Gasteiger partial charge on any atom is 0.313 e. The number of halogens is 6. The Morgan fingerprint density at radius 3 is 2.07 bits per heavy atom. The molecule has 0 amide bonds. The van der Waals surface area contributed by atoms with E-state index >= 15 is 0 Å². The van der Waals surface area contributed by atoms with Crippen molar-refractivity contribution in [1.29, 1.82) is 0 Å². The van der Waals surface area contributed by atoms with Gasteiger partial charge in [0.1, 0.15) is 22.7 Å². The van der Waals surface area contributed by atoms with Crippen LogP contribution in [0.1, 0.15) is 46.1 Å². The molecule has 246 valence electrons. The number of aliphatic hydroxyl groups excluding tert-OH is 1. The zero-order valence-corrected chi connectivity index (χ0v) is 28.9. The van der Waals surface area contributed by atoms with Gasteiger partial charge in [-0.05, 0) is 51.1 Å². The van der Waals surface area contributed by atoms with Crippen molar-refractivity contribution in [3.8, 4) is 5.75 Å². The van der Waals surface area contributed by atoms with Gasteiger partial charge in [0.25, 0.3) is 0 Å². The van der Waals surface area contributed by atoms with Crippen LogP contribution in [0.3, 0.4) is 0 Å². The fourth-order valence-corrected chi connectivity index (χ4v) is 5.22. The molecule has 11 nitrogen and oxygen atoms in total. The highest BCUT2D eigenvalue weighted by Gasteiger charge is 2.27. The van der Waals surface area contributed by atoms with Crippen LogP contribution in [0.2, 0.25) is 30.1 Å². The lowest BCUT2D eigenvalue weighted by atomic mass is 10.0. The average molecular weight is 756 g/mol. The Kier molecular flexibility index (Phi) is 12.8. The SMILES string of the molecule is C[C@@H](CC(=O)OC(C)(C)C)C(O)c1nc2cc(Cl)cc(Cl)c2o1.Clc1cc(Cl)c2ocnc2c1.O=[N+]([O-])c1cc(Cl)cc(Cl)c1O. The average Bonchev–Trinajstić information content (AvgIpc) is 3.57. The minimum absolute atomic E-state index is 0.0473. The van der Waals surface area contributed by atoms with E-state index in [0.717, 1.165) is 6.07 Å². The van der Waals surface area contributed by atoms with Crippen molar-refractivity contribution < 1.29 is 33.5 Å². The van der Waals surface area contributed by atoms with E-state index < -0.39 is 34.0 Å². The highest BCUT2D eigenvalue weighted by molar-refractivity contribution is 6.38. The molecule has 0 aliphatic carbocycles. The van der Waals surface area contributed by atoms with Crippen LogP contribution < -0.4 is 0 Å². The van der Waals surface area contributed by atoms with Crippen LogP contribution in [0, 0.1) is 16.0 Å². The van der Waals surface area contributed by atoms with Crippen molar-refractivity contribution in [2.24, 2.45) is 5.92 Å². The normalized spacial score (nSPS) is 12.5. The molecule has 0 saturated heterocycles. The molecule has 0 bridgehead atoms. The summed E-state index contributed by atoms with van der Waals surface area (Å²) >= 11 is 34.3. The molecule has 5 aromatic rings. The Balaban J connectivity index is 0.000000209. The Morgan fingerprint density at radius 1 is 0.935 bits per heavy atom. The standard InChI is InChI=1S/C16H19Cl2NO4.C7H3Cl2NO.C6H3Cl2NO3/c1-8(5-12(20)23-16(2,3)4)13(21)15-19-11-7-9(17)6-10(18)14(11)22-15;8-4-1-5(9)7-6(2-4)10-3-11-7;7-3-1-4(8)6(10)5(2-3)9(11)12/h6-8,13,21H,5H2,1-4H3;1-3H;1-2,10H/t8-,13?;;/m0../s1. The van der Waals surface area contributed by atoms with Crippen LogP contribution >= 0.6 is 69.6 Å². The monoisotopic (exact) mass is 753 g/mol. The molecule has 0 fully saturated rings. The first-order valence-corrected chi connectivity index (χ1v) is 15.3. The molecule has 2 aromatic heterocycles. The molecule has 0 radical (unpaired) electrons. The van der Waals surface area contributed by atoms with E-state index in [0.29, 0.717) is 42.3 Å². The van der Waals surface area contributed by atoms with E-state index in [1.165, 1.54) is 18.5 Å². The molecular formula is C29H25Cl6N3O8. The van der Waals surface area contributed by atoms with Crippen molar-refractivity contribution in [1.82, 2.24) is 9.97 Å². The van der Waals surface area contributed by atoms with Crippen LogP contribution in [0.25, 0.3) is 22.2 Å². The van der Waals surface area contributed by atoms with Gasteiger partial charge >= 0.3 is 11.7 Å². The van der Waals surface area contributed by atoms with E-state index in [2.05, 4.69) is 9.97 Å². The number of nitrogens with zero attached hydrogens (tertiary/aromatic N) is 3. The highest BCUT2D eigenvalue weighted by atomic mass is 35.5. The summed E-state index contributed by atoms with van der Waals surface area (Å²) in [6.07, 6.45) is 0.336. The van der Waals surface area contributed by atoms with Gasteiger partial charge in [0.05, 0.1) is 26.4 Å². The molecule has 5 rings (SSSR count). The zero-order chi connectivity index (χ0) is 34.5. The number of aromatic hydroxyl groups is 1. The number of aliphatic hydroxyl groups is 1. The Labute approximate surface area is 292 Å². The van der Waals surface area contributed by atoms with Gasteiger partial charge in [0.15, 0.2) is 17.6 Å². The number of ether oxygens (including phenoxy) is 1. The van der Waals surface area contributed by atoms with Crippen molar-refractivity contribution in [3.63, 3.8) is 0 Å². The molecule has 1 unspecified atom stereocenters. The number of phenols is 1. The Morgan fingerprint density at radius 2 is 1.48 bits per heavy atom. The summed E-state index contributed by atoms with van der Waals surface area (Å²) < 4.78 is 15.8. The first kappa shape index (κ1) is 37.4. The van der Waals surface area contributed by atoms with Gasteiger partial charge in [-0.25, -0.2) is 9.97 Å². The number of nitro benzene ring substituents is 1. The van der Waals surface area contributed by atoms with Gasteiger partial charge in [0, 0.05) is 27.1 Å². The second-order valence-corrected chi connectivity index (χ2v) is 13.1. The molecule has 2 atom stereocenters. The number of carbonyl (C=O) groups excluding carboxylic acids is 1. The summed E-state index contributed by atoms with van der Waals surface area (Å²) in [6.45, 7) is 7.09. The maximum atomic E-state index is 11.9. The van der Waals surface area contributed by atoms with Crippen molar-refractivity contribution in [2.45, 2.75) is 45.8 Å². The Hall–Kier alpha value is -3.03. The van der Waals surface area contributed by atoms with Gasteiger partial charge in [-0.1, -0.05) is 76.5 Å². The molecule has 46 heavy (non-hydrogen) atoms. The third kappa shape index (κ3) is 10.2. The summed E-state index contributed by atoms with van der Waals surface area (Å²) in [4.78, 5) is 29.5. The largest absolute Gasteiger partial charge is 0.501 e. The lowest BCUT2D eigenvalue weighted by Crippen LogP contribution is -2.26. The molecule has 3 aromatic carbocycles. The number of oxazole rings is 2. The number of rotatable bonds is 5. The van der Waals surface area contributed by atoms with Crippen LogP contribution in [-0.4, -0.2) is 36.7 Å². The second-order valence-electron chi connectivity index (χ2n) is 10.6. The van der Waals surface area contributed by atoms with Crippen LogP contribution in [0.4, 0.5) is 5.69 Å². The predicted molar refractivity (Wildman–Crippen MR) is 177 cm³/mol. The minimum atomic E-state index is -1.05. The number of aromatic nitrogens is 2. The van der Waals surface area contributed by atoms with Gasteiger partial charge in [-0.2, -0.15) is 0 Å². The summed E-state index contributed by atoms with van der Waals surface area (Å²) in [5.41, 5.74) is 1.02. The fraction of sp³-hybridized carbons (Fsp3) is 0.276.